The lowest BCUT2D eigenvalue weighted by Gasteiger charge is -2.25. The van der Waals surface area contributed by atoms with Gasteiger partial charge in [0, 0.05) is 41.5 Å². The number of hydrogen-bond acceptors (Lipinski definition) is 7. The van der Waals surface area contributed by atoms with Crippen LogP contribution >= 0.6 is 0 Å². The number of aromatic hydroxyl groups is 1. The van der Waals surface area contributed by atoms with Gasteiger partial charge in [-0.2, -0.15) is 5.10 Å². The summed E-state index contributed by atoms with van der Waals surface area (Å²) in [6.45, 7) is 9.57. The molecule has 0 saturated carbocycles. The zero-order valence-electron chi connectivity index (χ0n) is 17.2. The molecule has 0 aliphatic carbocycles. The summed E-state index contributed by atoms with van der Waals surface area (Å²) >= 11 is 0. The van der Waals surface area contributed by atoms with E-state index in [1.807, 2.05) is 12.1 Å². The maximum atomic E-state index is 10.5. The van der Waals surface area contributed by atoms with Crippen LogP contribution in [0.15, 0.2) is 36.8 Å². The van der Waals surface area contributed by atoms with Gasteiger partial charge in [-0.25, -0.2) is 4.98 Å². The van der Waals surface area contributed by atoms with Crippen molar-refractivity contribution >= 4 is 5.95 Å². The minimum atomic E-state index is 0.0729. The van der Waals surface area contributed by atoms with Gasteiger partial charge in [0.1, 0.15) is 11.4 Å². The number of aromatic amines is 1. The molecular weight excluding hydrogens is 366 g/mol. The van der Waals surface area contributed by atoms with Gasteiger partial charge >= 0.3 is 0 Å². The molecule has 1 aliphatic rings. The van der Waals surface area contributed by atoms with E-state index in [0.29, 0.717) is 29.3 Å². The molecular formula is C21H27N7O. The Morgan fingerprint density at radius 1 is 1.17 bits per heavy atom. The fourth-order valence-electron chi connectivity index (χ4n) is 3.89. The van der Waals surface area contributed by atoms with Gasteiger partial charge in [-0.1, -0.05) is 6.07 Å². The van der Waals surface area contributed by atoms with Crippen molar-refractivity contribution in [3.63, 3.8) is 0 Å². The van der Waals surface area contributed by atoms with Crippen molar-refractivity contribution in [3.8, 4) is 28.1 Å². The van der Waals surface area contributed by atoms with E-state index in [9.17, 15) is 5.11 Å². The zero-order chi connectivity index (χ0) is 20.6. The van der Waals surface area contributed by atoms with Gasteiger partial charge < -0.3 is 15.3 Å². The third-order valence-electron chi connectivity index (χ3n) is 5.12. The Kier molecular flexibility index (Phi) is 4.96. The topological polar surface area (TPSA) is 103 Å². The van der Waals surface area contributed by atoms with E-state index in [0.717, 1.165) is 24.1 Å². The summed E-state index contributed by atoms with van der Waals surface area (Å²) in [5, 5.41) is 29.5. The van der Waals surface area contributed by atoms with Crippen molar-refractivity contribution in [1.82, 2.24) is 30.7 Å². The smallest absolute Gasteiger partial charge is 0.245 e. The standard InChI is InChI=1S/C21H27N7O/c1-13-7-16(25-21(2,3)4)12-28(13)20-22-11-18(26-27-20)17-6-5-14(8-19(17)29)15-9-23-24-10-15/h5-6,8-11,13,16,25,29H,7,12H2,1-4H3,(H,23,24). The summed E-state index contributed by atoms with van der Waals surface area (Å²) in [6.07, 6.45) is 6.21. The number of rotatable bonds is 4. The van der Waals surface area contributed by atoms with Crippen molar-refractivity contribution in [2.75, 3.05) is 11.4 Å². The van der Waals surface area contributed by atoms with Gasteiger partial charge in [0.2, 0.25) is 5.95 Å². The molecule has 0 bridgehead atoms. The SMILES string of the molecule is CC1CC(NC(C)(C)C)CN1c1ncc(-c2ccc(-c3cn[nH]c3)cc2O)nn1. The number of hydrogen-bond donors (Lipinski definition) is 3. The molecule has 2 aromatic heterocycles. The van der Waals surface area contributed by atoms with E-state index in [2.05, 4.69) is 63.3 Å². The Balaban J connectivity index is 1.51. The van der Waals surface area contributed by atoms with Gasteiger partial charge in [0.25, 0.3) is 0 Å². The Labute approximate surface area is 170 Å². The quantitative estimate of drug-likeness (QED) is 0.626. The van der Waals surface area contributed by atoms with E-state index in [1.165, 1.54) is 0 Å². The average molecular weight is 393 g/mol. The van der Waals surface area contributed by atoms with Crippen LogP contribution in [0, 0.1) is 0 Å². The lowest BCUT2D eigenvalue weighted by molar-refractivity contribution is 0.369. The minimum absolute atomic E-state index is 0.0729. The molecule has 2 unspecified atom stereocenters. The average Bonchev–Trinajstić information content (AvgIpc) is 3.30. The van der Waals surface area contributed by atoms with E-state index in [1.54, 1.807) is 24.7 Å². The molecule has 0 spiro atoms. The number of phenolic OH excluding ortho intramolecular Hbond substituents is 1. The summed E-state index contributed by atoms with van der Waals surface area (Å²) in [7, 11) is 0. The van der Waals surface area contributed by atoms with Crippen molar-refractivity contribution in [3.05, 3.63) is 36.8 Å². The summed E-state index contributed by atoms with van der Waals surface area (Å²) < 4.78 is 0. The zero-order valence-corrected chi connectivity index (χ0v) is 17.2. The normalized spacial score (nSPS) is 19.7. The van der Waals surface area contributed by atoms with Crippen LogP contribution in [-0.4, -0.2) is 54.7 Å². The minimum Gasteiger partial charge on any atom is -0.507 e. The highest BCUT2D eigenvalue weighted by atomic mass is 16.3. The number of nitrogens with zero attached hydrogens (tertiary/aromatic N) is 5. The molecule has 4 rings (SSSR count). The molecule has 1 fully saturated rings. The van der Waals surface area contributed by atoms with Gasteiger partial charge in [-0.3, -0.25) is 5.10 Å². The second-order valence-corrected chi connectivity index (χ2v) is 8.69. The van der Waals surface area contributed by atoms with Crippen LogP contribution in [0.2, 0.25) is 0 Å². The van der Waals surface area contributed by atoms with Crippen LogP contribution in [0.4, 0.5) is 5.95 Å². The van der Waals surface area contributed by atoms with Gasteiger partial charge in [0.15, 0.2) is 0 Å². The molecule has 0 radical (unpaired) electrons. The first-order chi connectivity index (χ1) is 13.8. The van der Waals surface area contributed by atoms with Crippen LogP contribution in [0.3, 0.4) is 0 Å². The Hall–Kier alpha value is -3.00. The molecule has 152 valence electrons. The summed E-state index contributed by atoms with van der Waals surface area (Å²) in [4.78, 5) is 6.71. The number of aromatic nitrogens is 5. The lowest BCUT2D eigenvalue weighted by atomic mass is 10.0. The second kappa shape index (κ2) is 7.44. The highest BCUT2D eigenvalue weighted by Gasteiger charge is 2.32. The van der Waals surface area contributed by atoms with Crippen LogP contribution < -0.4 is 10.2 Å². The van der Waals surface area contributed by atoms with Crippen molar-refractivity contribution in [1.29, 1.82) is 0 Å². The third-order valence-corrected chi connectivity index (χ3v) is 5.12. The van der Waals surface area contributed by atoms with Crippen LogP contribution in [0.25, 0.3) is 22.4 Å². The van der Waals surface area contributed by atoms with E-state index >= 15 is 0 Å². The number of anilines is 1. The molecule has 8 nitrogen and oxygen atoms in total. The molecule has 3 N–H and O–H groups in total. The van der Waals surface area contributed by atoms with E-state index < -0.39 is 0 Å². The fraction of sp³-hybridized carbons (Fsp3) is 0.429. The van der Waals surface area contributed by atoms with Crippen LogP contribution in [0.5, 0.6) is 5.75 Å². The summed E-state index contributed by atoms with van der Waals surface area (Å²) in [5.74, 6) is 0.755. The second-order valence-electron chi connectivity index (χ2n) is 8.69. The summed E-state index contributed by atoms with van der Waals surface area (Å²) in [6, 6.07) is 6.17. The first-order valence-electron chi connectivity index (χ1n) is 9.87. The number of H-pyrrole nitrogens is 1. The Bertz CT molecular complexity index is 964. The van der Waals surface area contributed by atoms with Gasteiger partial charge in [-0.05, 0) is 51.8 Å². The number of nitrogens with one attached hydrogen (secondary N) is 2. The van der Waals surface area contributed by atoms with Gasteiger partial charge in [-0.15, -0.1) is 10.2 Å². The van der Waals surface area contributed by atoms with Crippen LogP contribution in [0.1, 0.15) is 34.1 Å². The molecule has 1 aromatic carbocycles. The molecule has 1 aliphatic heterocycles. The molecule has 3 heterocycles. The largest absolute Gasteiger partial charge is 0.507 e. The fourth-order valence-corrected chi connectivity index (χ4v) is 3.89. The molecule has 0 amide bonds. The first-order valence-corrected chi connectivity index (χ1v) is 9.87. The summed E-state index contributed by atoms with van der Waals surface area (Å²) in [5.41, 5.74) is 3.00. The highest BCUT2D eigenvalue weighted by molar-refractivity contribution is 5.73. The van der Waals surface area contributed by atoms with Crippen molar-refractivity contribution in [2.45, 2.75) is 51.7 Å². The third kappa shape index (κ3) is 4.22. The Morgan fingerprint density at radius 3 is 2.62 bits per heavy atom. The monoisotopic (exact) mass is 393 g/mol. The molecule has 1 saturated heterocycles. The lowest BCUT2D eigenvalue weighted by Crippen LogP contribution is -2.45. The predicted molar refractivity (Wildman–Crippen MR) is 113 cm³/mol. The van der Waals surface area contributed by atoms with E-state index in [-0.39, 0.29) is 11.3 Å². The first kappa shape index (κ1) is 19.3. The number of benzene rings is 1. The maximum Gasteiger partial charge on any atom is 0.245 e. The van der Waals surface area contributed by atoms with Crippen molar-refractivity contribution < 1.29 is 5.11 Å². The van der Waals surface area contributed by atoms with E-state index in [4.69, 9.17) is 0 Å². The maximum absolute atomic E-state index is 10.5. The van der Waals surface area contributed by atoms with Gasteiger partial charge in [0.05, 0.1) is 12.4 Å². The van der Waals surface area contributed by atoms with Crippen molar-refractivity contribution in [2.24, 2.45) is 0 Å². The Morgan fingerprint density at radius 2 is 2.00 bits per heavy atom. The molecule has 2 atom stereocenters. The number of phenols is 1. The molecule has 3 aromatic rings. The molecule has 29 heavy (non-hydrogen) atoms. The predicted octanol–water partition coefficient (Wildman–Crippen LogP) is 2.99. The molecule has 8 heteroatoms. The van der Waals surface area contributed by atoms with Crippen LogP contribution in [-0.2, 0) is 0 Å². The highest BCUT2D eigenvalue weighted by Crippen LogP contribution is 2.32.